The highest BCUT2D eigenvalue weighted by Gasteiger charge is 2.28. The number of aliphatic carboxylic acids is 1. The Bertz CT molecular complexity index is 541. The first-order chi connectivity index (χ1) is 10.9. The normalized spacial score (nSPS) is 18.7. The van der Waals surface area contributed by atoms with Crippen molar-refractivity contribution in [3.8, 4) is 0 Å². The van der Waals surface area contributed by atoms with Gasteiger partial charge in [-0.25, -0.2) is 0 Å². The third-order valence-electron chi connectivity index (χ3n) is 4.41. The standard InChI is InChI=1S/C18H25NO4/c1-18(2,14-6-4-3-5-7-14)9-8-16(20)19-10-11-23-15(13-19)12-17(21)22/h3-7,15H,8-13H2,1-2H3,(H,21,22). The van der Waals surface area contributed by atoms with Gasteiger partial charge in [0.05, 0.1) is 19.1 Å². The molecular formula is C18H25NO4. The number of carbonyl (C=O) groups excluding carboxylic acids is 1. The van der Waals surface area contributed by atoms with Crippen LogP contribution in [0.1, 0.15) is 38.7 Å². The summed E-state index contributed by atoms with van der Waals surface area (Å²) in [5, 5.41) is 8.84. The second-order valence-corrected chi connectivity index (χ2v) is 6.68. The number of ether oxygens (including phenoxy) is 1. The molecular weight excluding hydrogens is 294 g/mol. The quantitative estimate of drug-likeness (QED) is 0.874. The fraction of sp³-hybridized carbons (Fsp3) is 0.556. The van der Waals surface area contributed by atoms with Crippen molar-refractivity contribution in [2.45, 2.75) is 44.6 Å². The van der Waals surface area contributed by atoms with Crippen LogP contribution in [-0.4, -0.2) is 47.7 Å². The predicted octanol–water partition coefficient (Wildman–Crippen LogP) is 2.45. The highest BCUT2D eigenvalue weighted by atomic mass is 16.5. The van der Waals surface area contributed by atoms with Crippen molar-refractivity contribution in [2.24, 2.45) is 0 Å². The molecule has 1 fully saturated rings. The lowest BCUT2D eigenvalue weighted by molar-refractivity contribution is -0.147. The number of hydrogen-bond acceptors (Lipinski definition) is 3. The lowest BCUT2D eigenvalue weighted by atomic mass is 9.80. The molecule has 0 aromatic heterocycles. The van der Waals surface area contributed by atoms with Gasteiger partial charge in [0.2, 0.25) is 5.91 Å². The van der Waals surface area contributed by atoms with E-state index < -0.39 is 12.1 Å². The minimum Gasteiger partial charge on any atom is -0.481 e. The van der Waals surface area contributed by atoms with Crippen molar-refractivity contribution in [1.82, 2.24) is 4.90 Å². The van der Waals surface area contributed by atoms with Crippen molar-refractivity contribution in [3.05, 3.63) is 35.9 Å². The number of benzene rings is 1. The molecule has 1 saturated heterocycles. The monoisotopic (exact) mass is 319 g/mol. The molecule has 1 aliphatic rings. The van der Waals surface area contributed by atoms with Crippen molar-refractivity contribution >= 4 is 11.9 Å². The molecule has 2 rings (SSSR count). The lowest BCUT2D eigenvalue weighted by Gasteiger charge is -2.33. The zero-order valence-corrected chi connectivity index (χ0v) is 13.8. The third-order valence-corrected chi connectivity index (χ3v) is 4.41. The fourth-order valence-corrected chi connectivity index (χ4v) is 2.88. The molecule has 0 aliphatic carbocycles. The van der Waals surface area contributed by atoms with E-state index in [1.165, 1.54) is 5.56 Å². The van der Waals surface area contributed by atoms with E-state index in [2.05, 4.69) is 26.0 Å². The first kappa shape index (κ1) is 17.5. The summed E-state index contributed by atoms with van der Waals surface area (Å²) in [6, 6.07) is 10.2. The molecule has 23 heavy (non-hydrogen) atoms. The summed E-state index contributed by atoms with van der Waals surface area (Å²) in [6.07, 6.45) is 0.768. The van der Waals surface area contributed by atoms with Crippen molar-refractivity contribution in [3.63, 3.8) is 0 Å². The maximum Gasteiger partial charge on any atom is 0.306 e. The van der Waals surface area contributed by atoms with E-state index >= 15 is 0 Å². The molecule has 126 valence electrons. The summed E-state index contributed by atoms with van der Waals surface area (Å²) in [4.78, 5) is 24.9. The van der Waals surface area contributed by atoms with Crippen molar-refractivity contribution in [2.75, 3.05) is 19.7 Å². The molecule has 1 heterocycles. The van der Waals surface area contributed by atoms with Gasteiger partial charge in [0.25, 0.3) is 0 Å². The van der Waals surface area contributed by atoms with E-state index in [1.54, 1.807) is 4.90 Å². The SMILES string of the molecule is CC(C)(CCC(=O)N1CCOC(CC(=O)O)C1)c1ccccc1. The molecule has 5 nitrogen and oxygen atoms in total. The van der Waals surface area contributed by atoms with Crippen LogP contribution >= 0.6 is 0 Å². The Morgan fingerprint density at radius 3 is 2.65 bits per heavy atom. The number of amides is 1. The molecule has 1 N–H and O–H groups in total. The Hall–Kier alpha value is -1.88. The smallest absolute Gasteiger partial charge is 0.306 e. The average Bonchev–Trinajstić information content (AvgIpc) is 2.53. The lowest BCUT2D eigenvalue weighted by Crippen LogP contribution is -2.46. The van der Waals surface area contributed by atoms with Crippen LogP contribution in [0, 0.1) is 0 Å². The molecule has 0 saturated carbocycles. The molecule has 0 bridgehead atoms. The maximum absolute atomic E-state index is 12.4. The molecule has 1 aliphatic heterocycles. The fourth-order valence-electron chi connectivity index (χ4n) is 2.88. The van der Waals surface area contributed by atoms with E-state index in [9.17, 15) is 9.59 Å². The topological polar surface area (TPSA) is 66.8 Å². The van der Waals surface area contributed by atoms with Crippen molar-refractivity contribution in [1.29, 1.82) is 0 Å². The largest absolute Gasteiger partial charge is 0.481 e. The summed E-state index contributed by atoms with van der Waals surface area (Å²) in [5.41, 5.74) is 1.16. The van der Waals surface area contributed by atoms with E-state index in [0.29, 0.717) is 26.1 Å². The zero-order chi connectivity index (χ0) is 16.9. The van der Waals surface area contributed by atoms with Crippen LogP contribution in [0.25, 0.3) is 0 Å². The first-order valence-electron chi connectivity index (χ1n) is 8.05. The van der Waals surface area contributed by atoms with Gasteiger partial charge in [-0.2, -0.15) is 0 Å². The van der Waals surface area contributed by atoms with E-state index in [4.69, 9.17) is 9.84 Å². The molecule has 0 spiro atoms. The molecule has 1 unspecified atom stereocenters. The van der Waals surface area contributed by atoms with Crippen LogP contribution in [0.2, 0.25) is 0 Å². The number of carbonyl (C=O) groups is 2. The van der Waals surface area contributed by atoms with Gasteiger partial charge in [0.1, 0.15) is 0 Å². The Labute approximate surface area is 137 Å². The number of rotatable bonds is 6. The molecule has 1 atom stereocenters. The molecule has 1 amide bonds. The summed E-state index contributed by atoms with van der Waals surface area (Å²) >= 11 is 0. The Morgan fingerprint density at radius 1 is 1.30 bits per heavy atom. The van der Waals surface area contributed by atoms with Crippen LogP contribution in [-0.2, 0) is 19.7 Å². The van der Waals surface area contributed by atoms with Crippen LogP contribution in [0.3, 0.4) is 0 Å². The number of morpholine rings is 1. The van der Waals surface area contributed by atoms with Crippen LogP contribution in [0.5, 0.6) is 0 Å². The van der Waals surface area contributed by atoms with Gasteiger partial charge in [0, 0.05) is 19.5 Å². The van der Waals surface area contributed by atoms with Gasteiger partial charge >= 0.3 is 5.97 Å². The summed E-state index contributed by atoms with van der Waals surface area (Å²) in [6.45, 7) is 5.60. The number of hydrogen-bond donors (Lipinski definition) is 1. The maximum atomic E-state index is 12.4. The molecule has 5 heteroatoms. The van der Waals surface area contributed by atoms with Gasteiger partial charge in [-0.15, -0.1) is 0 Å². The zero-order valence-electron chi connectivity index (χ0n) is 13.8. The van der Waals surface area contributed by atoms with Gasteiger partial charge in [-0.3, -0.25) is 9.59 Å². The Kier molecular flexibility index (Phi) is 5.77. The van der Waals surface area contributed by atoms with E-state index in [-0.39, 0.29) is 17.7 Å². The summed E-state index contributed by atoms with van der Waals surface area (Å²) in [5.74, 6) is -0.817. The van der Waals surface area contributed by atoms with Gasteiger partial charge in [-0.05, 0) is 17.4 Å². The second kappa shape index (κ2) is 7.59. The van der Waals surface area contributed by atoms with Gasteiger partial charge in [0.15, 0.2) is 0 Å². The van der Waals surface area contributed by atoms with Gasteiger partial charge in [-0.1, -0.05) is 44.2 Å². The van der Waals surface area contributed by atoms with Crippen molar-refractivity contribution < 1.29 is 19.4 Å². The minimum atomic E-state index is -0.894. The Morgan fingerprint density at radius 2 is 2.00 bits per heavy atom. The molecule has 1 aromatic carbocycles. The van der Waals surface area contributed by atoms with Crippen LogP contribution in [0.15, 0.2) is 30.3 Å². The van der Waals surface area contributed by atoms with Crippen LogP contribution in [0.4, 0.5) is 0 Å². The number of nitrogens with zero attached hydrogens (tertiary/aromatic N) is 1. The predicted molar refractivity (Wildman–Crippen MR) is 87.3 cm³/mol. The average molecular weight is 319 g/mol. The molecule has 0 radical (unpaired) electrons. The van der Waals surface area contributed by atoms with E-state index in [0.717, 1.165) is 6.42 Å². The van der Waals surface area contributed by atoms with Gasteiger partial charge < -0.3 is 14.7 Å². The third kappa shape index (κ3) is 5.06. The number of carboxylic acids is 1. The second-order valence-electron chi connectivity index (χ2n) is 6.68. The van der Waals surface area contributed by atoms with E-state index in [1.807, 2.05) is 18.2 Å². The summed E-state index contributed by atoms with van der Waals surface area (Å²) < 4.78 is 5.41. The molecule has 1 aromatic rings. The Balaban J connectivity index is 1.88. The minimum absolute atomic E-state index is 0.0563. The first-order valence-corrected chi connectivity index (χ1v) is 8.05. The number of carboxylic acid groups (broad SMARTS) is 1. The highest BCUT2D eigenvalue weighted by Crippen LogP contribution is 2.28. The van der Waals surface area contributed by atoms with Crippen LogP contribution < -0.4 is 0 Å². The highest BCUT2D eigenvalue weighted by molar-refractivity contribution is 5.76. The summed E-state index contributed by atoms with van der Waals surface area (Å²) in [7, 11) is 0.